The monoisotopic (exact) mass is 326 g/mol. The highest BCUT2D eigenvalue weighted by Crippen LogP contribution is 2.30. The predicted molar refractivity (Wildman–Crippen MR) is 78.7 cm³/mol. The van der Waals surface area contributed by atoms with Gasteiger partial charge < -0.3 is 15.4 Å². The summed E-state index contributed by atoms with van der Waals surface area (Å²) in [6.45, 7) is 1.77. The Labute approximate surface area is 131 Å². The van der Waals surface area contributed by atoms with E-state index in [2.05, 4.69) is 10.3 Å². The predicted octanol–water partition coefficient (Wildman–Crippen LogP) is 3.28. The van der Waals surface area contributed by atoms with Crippen molar-refractivity contribution < 1.29 is 23.1 Å². The summed E-state index contributed by atoms with van der Waals surface area (Å²) in [6.07, 6.45) is -3.49. The van der Waals surface area contributed by atoms with Crippen molar-refractivity contribution in [1.82, 2.24) is 10.3 Å². The van der Waals surface area contributed by atoms with Crippen LogP contribution in [0.25, 0.3) is 0 Å². The molecule has 0 radical (unpaired) electrons. The van der Waals surface area contributed by atoms with E-state index in [1.807, 2.05) is 0 Å². The molecular formula is C16H17F3N2O2. The highest BCUT2D eigenvalue weighted by Gasteiger charge is 2.30. The fourth-order valence-electron chi connectivity index (χ4n) is 2.22. The van der Waals surface area contributed by atoms with Gasteiger partial charge in [0.15, 0.2) is 0 Å². The maximum atomic E-state index is 12.6. The van der Waals surface area contributed by atoms with Gasteiger partial charge in [-0.1, -0.05) is 19.1 Å². The SMILES string of the molecule is CCC(NC(=O)c1ccc[nH]1)C(O)c1ccc(C(F)(F)F)cc1. The number of aromatic nitrogens is 1. The van der Waals surface area contributed by atoms with Crippen LogP contribution in [-0.4, -0.2) is 22.0 Å². The first kappa shape index (κ1) is 17.1. The molecule has 0 aliphatic heterocycles. The highest BCUT2D eigenvalue weighted by atomic mass is 19.4. The van der Waals surface area contributed by atoms with Gasteiger partial charge >= 0.3 is 6.18 Å². The third-order valence-corrected chi connectivity index (χ3v) is 3.56. The third kappa shape index (κ3) is 4.13. The number of carbonyl (C=O) groups excluding carboxylic acids is 1. The van der Waals surface area contributed by atoms with E-state index < -0.39 is 23.9 Å². The van der Waals surface area contributed by atoms with Gasteiger partial charge in [-0.25, -0.2) is 0 Å². The van der Waals surface area contributed by atoms with Crippen LogP contribution in [0.5, 0.6) is 0 Å². The van der Waals surface area contributed by atoms with Gasteiger partial charge in [0, 0.05) is 6.20 Å². The number of aromatic amines is 1. The standard InChI is InChI=1S/C16H17F3N2O2/c1-2-12(21-15(23)13-4-3-9-20-13)14(22)10-5-7-11(8-6-10)16(17,18)19/h3-9,12,14,20,22H,2H2,1H3,(H,21,23). The van der Waals surface area contributed by atoms with Crippen LogP contribution in [0.15, 0.2) is 42.6 Å². The van der Waals surface area contributed by atoms with Gasteiger partial charge in [0.25, 0.3) is 5.91 Å². The molecule has 0 saturated heterocycles. The molecule has 3 N–H and O–H groups in total. The van der Waals surface area contributed by atoms with Crippen molar-refractivity contribution in [2.75, 3.05) is 0 Å². The molecule has 1 amide bonds. The lowest BCUT2D eigenvalue weighted by atomic mass is 9.99. The van der Waals surface area contributed by atoms with E-state index in [-0.39, 0.29) is 5.91 Å². The minimum Gasteiger partial charge on any atom is -0.386 e. The molecule has 0 spiro atoms. The number of nitrogens with one attached hydrogen (secondary N) is 2. The number of H-pyrrole nitrogens is 1. The van der Waals surface area contributed by atoms with Gasteiger partial charge in [0.1, 0.15) is 5.69 Å². The Bertz CT molecular complexity index is 636. The second-order valence-corrected chi connectivity index (χ2v) is 5.14. The molecule has 1 heterocycles. The number of benzene rings is 1. The molecule has 1 aromatic heterocycles. The molecule has 4 nitrogen and oxygen atoms in total. The van der Waals surface area contributed by atoms with Crippen molar-refractivity contribution in [2.24, 2.45) is 0 Å². The van der Waals surface area contributed by atoms with Gasteiger partial charge in [-0.3, -0.25) is 4.79 Å². The number of aliphatic hydroxyl groups excluding tert-OH is 1. The summed E-state index contributed by atoms with van der Waals surface area (Å²) in [6, 6.07) is 6.92. The van der Waals surface area contributed by atoms with Crippen LogP contribution < -0.4 is 5.32 Å². The summed E-state index contributed by atoms with van der Waals surface area (Å²) in [7, 11) is 0. The number of hydrogen-bond donors (Lipinski definition) is 3. The average Bonchev–Trinajstić information content (AvgIpc) is 3.05. The van der Waals surface area contributed by atoms with Gasteiger partial charge in [-0.2, -0.15) is 13.2 Å². The molecule has 23 heavy (non-hydrogen) atoms. The molecule has 2 unspecified atom stereocenters. The molecule has 0 aliphatic rings. The lowest BCUT2D eigenvalue weighted by Crippen LogP contribution is -2.39. The first-order chi connectivity index (χ1) is 10.8. The van der Waals surface area contributed by atoms with Gasteiger partial charge in [0.05, 0.1) is 17.7 Å². The van der Waals surface area contributed by atoms with E-state index in [1.165, 1.54) is 12.1 Å². The zero-order chi connectivity index (χ0) is 17.0. The number of rotatable bonds is 5. The Balaban J connectivity index is 2.10. The molecule has 0 bridgehead atoms. The van der Waals surface area contributed by atoms with Crippen LogP contribution in [0.1, 0.15) is 41.1 Å². The minimum atomic E-state index is -4.42. The van der Waals surface area contributed by atoms with Gasteiger partial charge in [0.2, 0.25) is 0 Å². The normalized spacial score (nSPS) is 14.3. The highest BCUT2D eigenvalue weighted by molar-refractivity contribution is 5.92. The molecule has 2 atom stereocenters. The fraction of sp³-hybridized carbons (Fsp3) is 0.312. The molecule has 2 rings (SSSR count). The summed E-state index contributed by atoms with van der Waals surface area (Å²) < 4.78 is 37.7. The summed E-state index contributed by atoms with van der Waals surface area (Å²) in [5.74, 6) is -0.382. The molecule has 1 aromatic carbocycles. The van der Waals surface area contributed by atoms with Crippen LogP contribution in [0.3, 0.4) is 0 Å². The second-order valence-electron chi connectivity index (χ2n) is 5.14. The van der Waals surface area contributed by atoms with Crippen molar-refractivity contribution in [3.05, 3.63) is 59.4 Å². The number of halogens is 3. The number of amides is 1. The molecule has 0 aliphatic carbocycles. The van der Waals surface area contributed by atoms with E-state index in [0.717, 1.165) is 12.1 Å². The smallest absolute Gasteiger partial charge is 0.386 e. The minimum absolute atomic E-state index is 0.316. The fourth-order valence-corrected chi connectivity index (χ4v) is 2.22. The average molecular weight is 326 g/mol. The lowest BCUT2D eigenvalue weighted by molar-refractivity contribution is -0.137. The molecule has 2 aromatic rings. The Morgan fingerprint density at radius 2 is 1.91 bits per heavy atom. The Morgan fingerprint density at radius 1 is 1.26 bits per heavy atom. The first-order valence-corrected chi connectivity index (χ1v) is 7.12. The number of carbonyl (C=O) groups is 1. The van der Waals surface area contributed by atoms with E-state index >= 15 is 0 Å². The van der Waals surface area contributed by atoms with E-state index in [0.29, 0.717) is 17.7 Å². The van der Waals surface area contributed by atoms with E-state index in [9.17, 15) is 23.1 Å². The largest absolute Gasteiger partial charge is 0.416 e. The number of hydrogen-bond acceptors (Lipinski definition) is 2. The topological polar surface area (TPSA) is 65.1 Å². The Hall–Kier alpha value is -2.28. The zero-order valence-electron chi connectivity index (χ0n) is 12.4. The quantitative estimate of drug-likeness (QED) is 0.789. The second kappa shape index (κ2) is 6.87. The van der Waals surface area contributed by atoms with E-state index in [4.69, 9.17) is 0 Å². The Kier molecular flexibility index (Phi) is 5.10. The summed E-state index contributed by atoms with van der Waals surface area (Å²) >= 11 is 0. The molecule has 0 saturated carbocycles. The Morgan fingerprint density at radius 3 is 2.39 bits per heavy atom. The van der Waals surface area contributed by atoms with Gasteiger partial charge in [-0.15, -0.1) is 0 Å². The van der Waals surface area contributed by atoms with E-state index in [1.54, 1.807) is 25.3 Å². The van der Waals surface area contributed by atoms with Crippen molar-refractivity contribution in [3.63, 3.8) is 0 Å². The summed E-state index contributed by atoms with van der Waals surface area (Å²) in [5, 5.41) is 13.0. The van der Waals surface area contributed by atoms with Crippen molar-refractivity contribution in [1.29, 1.82) is 0 Å². The summed E-state index contributed by atoms with van der Waals surface area (Å²) in [4.78, 5) is 14.7. The van der Waals surface area contributed by atoms with Crippen LogP contribution in [0.2, 0.25) is 0 Å². The van der Waals surface area contributed by atoms with Crippen LogP contribution >= 0.6 is 0 Å². The molecule has 124 valence electrons. The zero-order valence-corrected chi connectivity index (χ0v) is 12.4. The van der Waals surface area contributed by atoms with Crippen molar-refractivity contribution >= 4 is 5.91 Å². The van der Waals surface area contributed by atoms with Crippen molar-refractivity contribution in [3.8, 4) is 0 Å². The van der Waals surface area contributed by atoms with Crippen LogP contribution in [0.4, 0.5) is 13.2 Å². The lowest BCUT2D eigenvalue weighted by Gasteiger charge is -2.23. The maximum absolute atomic E-state index is 12.6. The summed E-state index contributed by atoms with van der Waals surface area (Å²) in [5.41, 5.74) is -0.114. The first-order valence-electron chi connectivity index (χ1n) is 7.12. The van der Waals surface area contributed by atoms with Crippen LogP contribution in [-0.2, 0) is 6.18 Å². The van der Waals surface area contributed by atoms with Crippen LogP contribution in [0, 0.1) is 0 Å². The molecule has 7 heteroatoms. The number of alkyl halides is 3. The maximum Gasteiger partial charge on any atom is 0.416 e. The number of aliphatic hydroxyl groups is 1. The molecular weight excluding hydrogens is 309 g/mol. The van der Waals surface area contributed by atoms with Gasteiger partial charge in [-0.05, 0) is 36.2 Å². The van der Waals surface area contributed by atoms with Crippen molar-refractivity contribution in [2.45, 2.75) is 31.7 Å². The molecule has 0 fully saturated rings. The third-order valence-electron chi connectivity index (χ3n) is 3.56.